The molecule has 8 heteroatoms. The van der Waals surface area contributed by atoms with Crippen molar-refractivity contribution in [3.63, 3.8) is 0 Å². The molecule has 4 N–H and O–H groups in total. The van der Waals surface area contributed by atoms with E-state index >= 15 is 0 Å². The molecule has 3 amide bonds. The summed E-state index contributed by atoms with van der Waals surface area (Å²) in [6, 6.07) is 4.75. The molecule has 0 radical (unpaired) electrons. The van der Waals surface area contributed by atoms with Crippen LogP contribution in [0.4, 0.5) is 16.2 Å². The zero-order valence-corrected chi connectivity index (χ0v) is 8.67. The standard InChI is InChI=1S/C9H10N4O4/c10-8(14)5-11-9(15)12-6-2-1-3-7(4-6)13(16)17/h1-4H,5H2,(H2,10,14)(H2,11,12,15). The second-order valence-corrected chi connectivity index (χ2v) is 3.08. The highest BCUT2D eigenvalue weighted by Gasteiger charge is 2.08. The first-order chi connectivity index (χ1) is 7.99. The highest BCUT2D eigenvalue weighted by Crippen LogP contribution is 2.16. The molecular weight excluding hydrogens is 228 g/mol. The lowest BCUT2D eigenvalue weighted by atomic mass is 10.3. The lowest BCUT2D eigenvalue weighted by Gasteiger charge is -2.05. The SMILES string of the molecule is NC(=O)CNC(=O)Nc1cccc([N+](=O)[O-])c1. The Bertz CT molecular complexity index is 460. The maximum atomic E-state index is 11.2. The number of hydrogen-bond donors (Lipinski definition) is 3. The Morgan fingerprint density at radius 1 is 1.41 bits per heavy atom. The van der Waals surface area contributed by atoms with Crippen LogP contribution in [0.3, 0.4) is 0 Å². The molecule has 0 heterocycles. The van der Waals surface area contributed by atoms with Crippen LogP contribution < -0.4 is 16.4 Å². The Labute approximate surface area is 95.9 Å². The van der Waals surface area contributed by atoms with Crippen molar-refractivity contribution in [3.8, 4) is 0 Å². The van der Waals surface area contributed by atoms with E-state index in [9.17, 15) is 19.7 Å². The maximum Gasteiger partial charge on any atom is 0.319 e. The van der Waals surface area contributed by atoms with Gasteiger partial charge in [-0.05, 0) is 6.07 Å². The summed E-state index contributed by atoms with van der Waals surface area (Å²) >= 11 is 0. The van der Waals surface area contributed by atoms with E-state index in [-0.39, 0.29) is 17.9 Å². The van der Waals surface area contributed by atoms with E-state index in [2.05, 4.69) is 10.6 Å². The Morgan fingerprint density at radius 3 is 2.71 bits per heavy atom. The number of benzene rings is 1. The van der Waals surface area contributed by atoms with E-state index in [1.54, 1.807) is 0 Å². The van der Waals surface area contributed by atoms with Gasteiger partial charge in [0.15, 0.2) is 0 Å². The summed E-state index contributed by atoms with van der Waals surface area (Å²) in [5.41, 5.74) is 4.94. The van der Waals surface area contributed by atoms with Gasteiger partial charge in [0.25, 0.3) is 5.69 Å². The van der Waals surface area contributed by atoms with Crippen LogP contribution in [0.1, 0.15) is 0 Å². The molecule has 0 aromatic heterocycles. The summed E-state index contributed by atoms with van der Waals surface area (Å²) in [6.07, 6.45) is 0. The first-order valence-corrected chi connectivity index (χ1v) is 4.56. The summed E-state index contributed by atoms with van der Waals surface area (Å²) < 4.78 is 0. The van der Waals surface area contributed by atoms with Crippen LogP contribution in [0.25, 0.3) is 0 Å². The average molecular weight is 238 g/mol. The van der Waals surface area contributed by atoms with Crippen LogP contribution in [0.2, 0.25) is 0 Å². The minimum absolute atomic E-state index is 0.141. The van der Waals surface area contributed by atoms with Crippen molar-refractivity contribution in [1.29, 1.82) is 0 Å². The molecule has 0 aliphatic rings. The van der Waals surface area contributed by atoms with Crippen molar-refractivity contribution in [2.24, 2.45) is 5.73 Å². The molecule has 0 aliphatic carbocycles. The molecule has 0 fully saturated rings. The molecule has 1 aromatic carbocycles. The van der Waals surface area contributed by atoms with Gasteiger partial charge in [0.05, 0.1) is 11.5 Å². The van der Waals surface area contributed by atoms with Crippen LogP contribution in [0, 0.1) is 10.1 Å². The van der Waals surface area contributed by atoms with Crippen molar-refractivity contribution in [1.82, 2.24) is 5.32 Å². The lowest BCUT2D eigenvalue weighted by molar-refractivity contribution is -0.384. The number of rotatable bonds is 4. The molecule has 0 saturated heterocycles. The fraction of sp³-hybridized carbons (Fsp3) is 0.111. The van der Waals surface area contributed by atoms with E-state index in [0.29, 0.717) is 0 Å². The van der Waals surface area contributed by atoms with Gasteiger partial charge >= 0.3 is 6.03 Å². The first kappa shape index (κ1) is 12.4. The van der Waals surface area contributed by atoms with Crippen molar-refractivity contribution < 1.29 is 14.5 Å². The predicted octanol–water partition coefficient (Wildman–Crippen LogP) is 0.202. The number of urea groups is 1. The van der Waals surface area contributed by atoms with Gasteiger partial charge in [-0.3, -0.25) is 14.9 Å². The highest BCUT2D eigenvalue weighted by molar-refractivity contribution is 5.92. The Kier molecular flexibility index (Phi) is 3.98. The number of nitrogens with one attached hydrogen (secondary N) is 2. The number of anilines is 1. The number of nitrogens with two attached hydrogens (primary N) is 1. The Morgan fingerprint density at radius 2 is 2.12 bits per heavy atom. The summed E-state index contributed by atoms with van der Waals surface area (Å²) in [4.78, 5) is 31.5. The molecule has 0 atom stereocenters. The third-order valence-electron chi connectivity index (χ3n) is 1.74. The van der Waals surface area contributed by atoms with E-state index < -0.39 is 16.9 Å². The van der Waals surface area contributed by atoms with Gasteiger partial charge in [-0.15, -0.1) is 0 Å². The third-order valence-corrected chi connectivity index (χ3v) is 1.74. The first-order valence-electron chi connectivity index (χ1n) is 4.56. The van der Waals surface area contributed by atoms with Crippen molar-refractivity contribution in [2.75, 3.05) is 11.9 Å². The quantitative estimate of drug-likeness (QED) is 0.511. The molecule has 90 valence electrons. The summed E-state index contributed by atoms with van der Waals surface area (Å²) in [6.45, 7) is -0.305. The largest absolute Gasteiger partial charge is 0.368 e. The number of hydrogen-bond acceptors (Lipinski definition) is 4. The highest BCUT2D eigenvalue weighted by atomic mass is 16.6. The van der Waals surface area contributed by atoms with Crippen LogP contribution in [0.5, 0.6) is 0 Å². The number of carbonyl (C=O) groups excluding carboxylic acids is 2. The van der Waals surface area contributed by atoms with Crippen LogP contribution in [-0.2, 0) is 4.79 Å². The van der Waals surface area contributed by atoms with E-state index in [1.807, 2.05) is 0 Å². The van der Waals surface area contributed by atoms with Crippen molar-refractivity contribution in [2.45, 2.75) is 0 Å². The molecule has 0 unspecified atom stereocenters. The Hall–Kier alpha value is -2.64. The Balaban J connectivity index is 2.62. The molecule has 17 heavy (non-hydrogen) atoms. The number of nitrogens with zero attached hydrogens (tertiary/aromatic N) is 1. The van der Waals surface area contributed by atoms with E-state index in [4.69, 9.17) is 5.73 Å². The zero-order chi connectivity index (χ0) is 12.8. The van der Waals surface area contributed by atoms with Crippen molar-refractivity contribution >= 4 is 23.3 Å². The molecule has 1 rings (SSSR count). The average Bonchev–Trinajstić information content (AvgIpc) is 2.26. The van der Waals surface area contributed by atoms with Gasteiger partial charge in [0, 0.05) is 17.8 Å². The summed E-state index contributed by atoms with van der Waals surface area (Å²) in [7, 11) is 0. The molecule has 0 spiro atoms. The topological polar surface area (TPSA) is 127 Å². The van der Waals surface area contributed by atoms with Crippen molar-refractivity contribution in [3.05, 3.63) is 34.4 Å². The number of nitro benzene ring substituents is 1. The second kappa shape index (κ2) is 5.45. The minimum atomic E-state index is -0.681. The van der Waals surface area contributed by atoms with Gasteiger partial charge in [-0.2, -0.15) is 0 Å². The lowest BCUT2D eigenvalue weighted by Crippen LogP contribution is -2.36. The summed E-state index contributed by atoms with van der Waals surface area (Å²) in [5, 5.41) is 15.0. The van der Waals surface area contributed by atoms with Crippen LogP contribution >= 0.6 is 0 Å². The third kappa shape index (κ3) is 4.16. The molecule has 0 aliphatic heterocycles. The fourth-order valence-corrected chi connectivity index (χ4v) is 1.04. The zero-order valence-electron chi connectivity index (χ0n) is 8.67. The maximum absolute atomic E-state index is 11.2. The summed E-state index contributed by atoms with van der Waals surface area (Å²) in [5.74, 6) is -0.681. The van der Waals surface area contributed by atoms with Gasteiger partial charge in [0.1, 0.15) is 0 Å². The molecule has 1 aromatic rings. The van der Waals surface area contributed by atoms with E-state index in [1.165, 1.54) is 24.3 Å². The fourth-order valence-electron chi connectivity index (χ4n) is 1.04. The molecular formula is C9H10N4O4. The number of primary amides is 1. The number of carbonyl (C=O) groups is 2. The van der Waals surface area contributed by atoms with Gasteiger partial charge in [0.2, 0.25) is 5.91 Å². The molecule has 0 bridgehead atoms. The number of non-ortho nitro benzene ring substituents is 1. The van der Waals surface area contributed by atoms with Gasteiger partial charge in [-0.25, -0.2) is 4.79 Å². The smallest absolute Gasteiger partial charge is 0.319 e. The van der Waals surface area contributed by atoms with Gasteiger partial charge < -0.3 is 16.4 Å². The van der Waals surface area contributed by atoms with Crippen LogP contribution in [0.15, 0.2) is 24.3 Å². The molecule has 8 nitrogen and oxygen atoms in total. The molecule has 0 saturated carbocycles. The number of amides is 3. The predicted molar refractivity (Wildman–Crippen MR) is 59.3 cm³/mol. The van der Waals surface area contributed by atoms with E-state index in [0.717, 1.165) is 0 Å². The number of nitro groups is 1. The monoisotopic (exact) mass is 238 g/mol. The normalized spacial score (nSPS) is 9.41. The van der Waals surface area contributed by atoms with Gasteiger partial charge in [-0.1, -0.05) is 6.07 Å². The van der Waals surface area contributed by atoms with Crippen LogP contribution in [-0.4, -0.2) is 23.4 Å². The second-order valence-electron chi connectivity index (χ2n) is 3.08. The minimum Gasteiger partial charge on any atom is -0.368 e.